The average molecular weight is 332 g/mol. The Balaban J connectivity index is 1.66. The third-order valence-corrected chi connectivity index (χ3v) is 3.75. The zero-order valence-corrected chi connectivity index (χ0v) is 14.1. The van der Waals surface area contributed by atoms with Gasteiger partial charge in [0.15, 0.2) is 0 Å². The van der Waals surface area contributed by atoms with Crippen LogP contribution in [0.2, 0.25) is 0 Å². The standard InChI is InChI=1S/C21H20N2O2/c1-2-25-21(24)11-8-16-5-3-6-17(13-16)15-23-19-9-10-20-18(14-19)7-4-12-22-20/h3-14,23H,2,15H2,1H3/b11-8+. The molecule has 25 heavy (non-hydrogen) atoms. The predicted octanol–water partition coefficient (Wildman–Crippen LogP) is 4.42. The summed E-state index contributed by atoms with van der Waals surface area (Å²) in [6.45, 7) is 2.88. The average Bonchev–Trinajstić information content (AvgIpc) is 2.65. The van der Waals surface area contributed by atoms with Crippen molar-refractivity contribution in [3.8, 4) is 0 Å². The van der Waals surface area contributed by atoms with Crippen molar-refractivity contribution in [1.82, 2.24) is 4.98 Å². The largest absolute Gasteiger partial charge is 0.463 e. The van der Waals surface area contributed by atoms with Crippen LogP contribution >= 0.6 is 0 Å². The van der Waals surface area contributed by atoms with Crippen molar-refractivity contribution in [2.24, 2.45) is 0 Å². The Labute approximate surface area is 147 Å². The Morgan fingerprint density at radius 2 is 2.08 bits per heavy atom. The quantitative estimate of drug-likeness (QED) is 0.536. The predicted molar refractivity (Wildman–Crippen MR) is 101 cm³/mol. The van der Waals surface area contributed by atoms with Crippen LogP contribution in [-0.2, 0) is 16.1 Å². The maximum atomic E-state index is 11.4. The molecule has 0 bridgehead atoms. The van der Waals surface area contributed by atoms with Crippen LogP contribution in [0.1, 0.15) is 18.1 Å². The lowest BCUT2D eigenvalue weighted by Crippen LogP contribution is -2.00. The smallest absolute Gasteiger partial charge is 0.330 e. The first kappa shape index (κ1) is 16.7. The van der Waals surface area contributed by atoms with E-state index in [1.165, 1.54) is 6.08 Å². The fourth-order valence-corrected chi connectivity index (χ4v) is 2.55. The fraction of sp³-hybridized carbons (Fsp3) is 0.143. The summed E-state index contributed by atoms with van der Waals surface area (Å²) in [5.41, 5.74) is 4.14. The topological polar surface area (TPSA) is 51.2 Å². The van der Waals surface area contributed by atoms with Crippen molar-refractivity contribution in [2.75, 3.05) is 11.9 Å². The van der Waals surface area contributed by atoms with Crippen LogP contribution in [0.25, 0.3) is 17.0 Å². The molecule has 0 fully saturated rings. The van der Waals surface area contributed by atoms with E-state index in [-0.39, 0.29) is 5.97 Å². The molecule has 1 aromatic heterocycles. The van der Waals surface area contributed by atoms with Crippen LogP contribution in [0.4, 0.5) is 5.69 Å². The van der Waals surface area contributed by atoms with Gasteiger partial charge in [0.25, 0.3) is 0 Å². The van der Waals surface area contributed by atoms with Crippen LogP contribution in [0.15, 0.2) is 66.9 Å². The zero-order chi connectivity index (χ0) is 17.5. The summed E-state index contributed by atoms with van der Waals surface area (Å²) in [5.74, 6) is -0.323. The van der Waals surface area contributed by atoms with Gasteiger partial charge in [-0.1, -0.05) is 24.3 Å². The lowest BCUT2D eigenvalue weighted by atomic mass is 10.1. The highest BCUT2D eigenvalue weighted by Crippen LogP contribution is 2.18. The summed E-state index contributed by atoms with van der Waals surface area (Å²) in [4.78, 5) is 15.7. The summed E-state index contributed by atoms with van der Waals surface area (Å²) in [6.07, 6.45) is 5.01. The van der Waals surface area contributed by atoms with Crippen LogP contribution in [0.5, 0.6) is 0 Å². The molecule has 0 radical (unpaired) electrons. The molecule has 0 saturated heterocycles. The van der Waals surface area contributed by atoms with Gasteiger partial charge in [-0.25, -0.2) is 4.79 Å². The number of carbonyl (C=O) groups excluding carboxylic acids is 1. The van der Waals surface area contributed by atoms with Gasteiger partial charge in [0.05, 0.1) is 12.1 Å². The molecule has 0 spiro atoms. The molecule has 1 N–H and O–H groups in total. The number of fused-ring (bicyclic) bond motifs is 1. The minimum atomic E-state index is -0.323. The van der Waals surface area contributed by atoms with Gasteiger partial charge in [0.2, 0.25) is 0 Å². The number of esters is 1. The van der Waals surface area contributed by atoms with Gasteiger partial charge in [-0.05, 0) is 54.5 Å². The highest BCUT2D eigenvalue weighted by molar-refractivity contribution is 5.87. The molecule has 1 heterocycles. The van der Waals surface area contributed by atoms with Crippen LogP contribution in [0.3, 0.4) is 0 Å². The van der Waals surface area contributed by atoms with Gasteiger partial charge >= 0.3 is 5.97 Å². The number of aromatic nitrogens is 1. The first-order valence-corrected chi connectivity index (χ1v) is 8.27. The number of nitrogens with zero attached hydrogens (tertiary/aromatic N) is 1. The second-order valence-electron chi connectivity index (χ2n) is 5.59. The molecular weight excluding hydrogens is 312 g/mol. The summed E-state index contributed by atoms with van der Waals surface area (Å²) in [6, 6.07) is 18.2. The molecule has 126 valence electrons. The third-order valence-electron chi connectivity index (χ3n) is 3.75. The molecular formula is C21H20N2O2. The Hall–Kier alpha value is -3.14. The van der Waals surface area contributed by atoms with Crippen LogP contribution < -0.4 is 5.32 Å². The third kappa shape index (κ3) is 4.67. The van der Waals surface area contributed by atoms with E-state index in [4.69, 9.17) is 4.74 Å². The van der Waals surface area contributed by atoms with E-state index in [9.17, 15) is 4.79 Å². The Kier molecular flexibility index (Phi) is 5.42. The number of hydrogen-bond donors (Lipinski definition) is 1. The van der Waals surface area contributed by atoms with E-state index in [1.807, 2.05) is 42.5 Å². The number of ether oxygens (including phenoxy) is 1. The van der Waals surface area contributed by atoms with E-state index in [1.54, 1.807) is 19.2 Å². The first-order chi connectivity index (χ1) is 12.2. The molecule has 0 saturated carbocycles. The zero-order valence-electron chi connectivity index (χ0n) is 14.1. The van der Waals surface area contributed by atoms with Gasteiger partial charge in [-0.15, -0.1) is 0 Å². The van der Waals surface area contributed by atoms with Crippen molar-refractivity contribution in [1.29, 1.82) is 0 Å². The van der Waals surface area contributed by atoms with E-state index < -0.39 is 0 Å². The fourth-order valence-electron chi connectivity index (χ4n) is 2.55. The molecule has 0 aliphatic heterocycles. The maximum Gasteiger partial charge on any atom is 0.330 e. The highest BCUT2D eigenvalue weighted by atomic mass is 16.5. The van der Waals surface area contributed by atoms with Crippen LogP contribution in [0, 0.1) is 0 Å². The Morgan fingerprint density at radius 3 is 2.96 bits per heavy atom. The molecule has 0 atom stereocenters. The number of rotatable bonds is 6. The number of pyridine rings is 1. The van der Waals surface area contributed by atoms with Crippen LogP contribution in [-0.4, -0.2) is 17.6 Å². The molecule has 0 aliphatic carbocycles. The van der Waals surface area contributed by atoms with E-state index in [2.05, 4.69) is 22.4 Å². The number of carbonyl (C=O) groups is 1. The van der Waals surface area contributed by atoms with Crippen molar-refractivity contribution in [3.05, 3.63) is 78.0 Å². The number of anilines is 1. The molecule has 3 rings (SSSR count). The van der Waals surface area contributed by atoms with E-state index in [0.29, 0.717) is 13.2 Å². The molecule has 0 unspecified atom stereocenters. The lowest BCUT2D eigenvalue weighted by molar-refractivity contribution is -0.137. The molecule has 4 heteroatoms. The van der Waals surface area contributed by atoms with E-state index in [0.717, 1.165) is 27.7 Å². The summed E-state index contributed by atoms with van der Waals surface area (Å²) in [5, 5.41) is 4.53. The first-order valence-electron chi connectivity index (χ1n) is 8.27. The van der Waals surface area contributed by atoms with Crippen molar-refractivity contribution in [3.63, 3.8) is 0 Å². The Morgan fingerprint density at radius 1 is 1.16 bits per heavy atom. The summed E-state index contributed by atoms with van der Waals surface area (Å²) >= 11 is 0. The molecule has 0 amide bonds. The second-order valence-corrected chi connectivity index (χ2v) is 5.59. The van der Waals surface area contributed by atoms with Gasteiger partial charge in [0, 0.05) is 29.9 Å². The van der Waals surface area contributed by atoms with Gasteiger partial charge in [-0.2, -0.15) is 0 Å². The van der Waals surface area contributed by atoms with Crippen molar-refractivity contribution in [2.45, 2.75) is 13.5 Å². The minimum Gasteiger partial charge on any atom is -0.463 e. The summed E-state index contributed by atoms with van der Waals surface area (Å²) < 4.78 is 4.89. The van der Waals surface area contributed by atoms with Crippen molar-refractivity contribution < 1.29 is 9.53 Å². The molecule has 0 aliphatic rings. The van der Waals surface area contributed by atoms with E-state index >= 15 is 0 Å². The minimum absolute atomic E-state index is 0.323. The molecule has 3 aromatic rings. The van der Waals surface area contributed by atoms with Crippen molar-refractivity contribution >= 4 is 28.6 Å². The monoisotopic (exact) mass is 332 g/mol. The van der Waals surface area contributed by atoms with Gasteiger partial charge in [-0.3, -0.25) is 4.98 Å². The lowest BCUT2D eigenvalue weighted by Gasteiger charge is -2.08. The number of nitrogens with one attached hydrogen (secondary N) is 1. The summed E-state index contributed by atoms with van der Waals surface area (Å²) in [7, 11) is 0. The highest BCUT2D eigenvalue weighted by Gasteiger charge is 1.99. The van der Waals surface area contributed by atoms with Gasteiger partial charge in [0.1, 0.15) is 0 Å². The molecule has 4 nitrogen and oxygen atoms in total. The Bertz CT molecular complexity index is 903. The number of benzene rings is 2. The normalized spacial score (nSPS) is 10.9. The SMILES string of the molecule is CCOC(=O)/C=C/c1cccc(CNc2ccc3ncccc3c2)c1. The maximum absolute atomic E-state index is 11.4. The molecule has 2 aromatic carbocycles. The second kappa shape index (κ2) is 8.11. The number of hydrogen-bond acceptors (Lipinski definition) is 4. The van der Waals surface area contributed by atoms with Gasteiger partial charge < -0.3 is 10.1 Å².